The van der Waals surface area contributed by atoms with Gasteiger partial charge in [0.1, 0.15) is 24.1 Å². The van der Waals surface area contributed by atoms with Gasteiger partial charge >= 0.3 is 0 Å². The summed E-state index contributed by atoms with van der Waals surface area (Å²) in [4.78, 5) is 11.9. The Bertz CT molecular complexity index is 695. The van der Waals surface area contributed by atoms with Crippen molar-refractivity contribution in [1.82, 2.24) is 0 Å². The topological polar surface area (TPSA) is 74.2 Å². The number of fused-ring (bicyclic) bond motifs is 2. The highest BCUT2D eigenvalue weighted by molar-refractivity contribution is 6.00. The second-order valence-electron chi connectivity index (χ2n) is 6.70. The Morgan fingerprint density at radius 1 is 1.29 bits per heavy atom. The van der Waals surface area contributed by atoms with Gasteiger partial charge in [-0.3, -0.25) is 4.79 Å². The Kier molecular flexibility index (Phi) is 3.73. The molecule has 4 atom stereocenters. The molecule has 0 amide bonds. The Labute approximate surface area is 140 Å². The lowest BCUT2D eigenvalue weighted by atomic mass is 10.0. The van der Waals surface area contributed by atoms with E-state index in [1.165, 1.54) is 0 Å². The third-order valence-corrected chi connectivity index (χ3v) is 4.42. The van der Waals surface area contributed by atoms with Gasteiger partial charge in [-0.25, -0.2) is 0 Å². The zero-order valence-electron chi connectivity index (χ0n) is 13.6. The number of aliphatic hydroxyl groups is 1. The largest absolute Gasteiger partial charge is 0.492 e. The summed E-state index contributed by atoms with van der Waals surface area (Å²) in [5, 5.41) is 10.3. The van der Waals surface area contributed by atoms with Crippen molar-refractivity contribution in [3.05, 3.63) is 35.4 Å². The van der Waals surface area contributed by atoms with Gasteiger partial charge < -0.3 is 24.1 Å². The minimum Gasteiger partial charge on any atom is -0.492 e. The first-order valence-electron chi connectivity index (χ1n) is 8.10. The lowest BCUT2D eigenvalue weighted by Crippen LogP contribution is -2.33. The van der Waals surface area contributed by atoms with Crippen LogP contribution in [0.4, 0.5) is 0 Å². The molecule has 0 radical (unpaired) electrons. The fourth-order valence-corrected chi connectivity index (χ4v) is 3.26. The minimum atomic E-state index is -0.796. The van der Waals surface area contributed by atoms with E-state index < -0.39 is 30.4 Å². The number of hydrogen-bond acceptors (Lipinski definition) is 6. The summed E-state index contributed by atoms with van der Waals surface area (Å²) < 4.78 is 22.5. The third-order valence-electron chi connectivity index (χ3n) is 4.42. The number of Topliss-reactive ketones (excluding diaryl/α,β-unsaturated/α-hetero) is 1. The first kappa shape index (κ1) is 15.8. The summed E-state index contributed by atoms with van der Waals surface area (Å²) in [6.07, 6.45) is 1.62. The molecule has 24 heavy (non-hydrogen) atoms. The van der Waals surface area contributed by atoms with Crippen LogP contribution in [0.25, 0.3) is 6.08 Å². The van der Waals surface area contributed by atoms with E-state index in [9.17, 15) is 9.90 Å². The van der Waals surface area contributed by atoms with Crippen molar-refractivity contribution in [2.45, 2.75) is 50.7 Å². The number of ether oxygens (including phenoxy) is 4. The van der Waals surface area contributed by atoms with Crippen LogP contribution in [0.15, 0.2) is 24.3 Å². The van der Waals surface area contributed by atoms with Crippen LogP contribution in [0.1, 0.15) is 36.2 Å². The van der Waals surface area contributed by atoms with Crippen LogP contribution in [0.2, 0.25) is 0 Å². The van der Waals surface area contributed by atoms with Crippen molar-refractivity contribution in [1.29, 1.82) is 0 Å². The molecule has 0 bridgehead atoms. The van der Waals surface area contributed by atoms with Crippen molar-refractivity contribution in [3.8, 4) is 5.75 Å². The standard InChI is InChI=1S/C18H20O6/c1-18(2)23-16-15(20)14(22-17(16)24-18)6-4-10-3-5-13-11(9-10)12(19)7-8-21-13/h3-6,9,14-17,20H,7-8H2,1-2H3/b6-4+/t14-,15+,16-,17-/m1/s1. The summed E-state index contributed by atoms with van der Waals surface area (Å²) in [6.45, 7) is 4.01. The van der Waals surface area contributed by atoms with Crippen LogP contribution in [0.5, 0.6) is 5.75 Å². The maximum Gasteiger partial charge on any atom is 0.190 e. The van der Waals surface area contributed by atoms with E-state index >= 15 is 0 Å². The second kappa shape index (κ2) is 5.67. The van der Waals surface area contributed by atoms with Crippen LogP contribution in [0, 0.1) is 0 Å². The summed E-state index contributed by atoms with van der Waals surface area (Å²) in [5.41, 5.74) is 1.45. The average Bonchev–Trinajstić information content (AvgIpc) is 2.99. The monoisotopic (exact) mass is 332 g/mol. The highest BCUT2D eigenvalue weighted by atomic mass is 16.8. The molecule has 1 N–H and O–H groups in total. The molecule has 3 heterocycles. The Hall–Kier alpha value is -1.73. The quantitative estimate of drug-likeness (QED) is 0.892. The van der Waals surface area contributed by atoms with Gasteiger partial charge in [0, 0.05) is 6.42 Å². The first-order chi connectivity index (χ1) is 11.4. The molecule has 4 rings (SSSR count). The molecule has 1 aromatic rings. The summed E-state index contributed by atoms with van der Waals surface area (Å²) in [5.74, 6) is -0.0366. The molecule has 2 fully saturated rings. The van der Waals surface area contributed by atoms with E-state index in [0.29, 0.717) is 24.3 Å². The number of carbonyl (C=O) groups excluding carboxylic acids is 1. The Balaban J connectivity index is 1.49. The van der Waals surface area contributed by atoms with E-state index in [1.807, 2.05) is 12.1 Å². The zero-order chi connectivity index (χ0) is 16.9. The number of aliphatic hydroxyl groups excluding tert-OH is 1. The van der Waals surface area contributed by atoms with Gasteiger partial charge in [-0.2, -0.15) is 0 Å². The molecule has 0 spiro atoms. The predicted octanol–water partition coefficient (Wildman–Crippen LogP) is 1.90. The number of rotatable bonds is 2. The van der Waals surface area contributed by atoms with Crippen molar-refractivity contribution in [2.24, 2.45) is 0 Å². The van der Waals surface area contributed by atoms with Crippen molar-refractivity contribution < 1.29 is 28.8 Å². The van der Waals surface area contributed by atoms with Crippen LogP contribution in [-0.2, 0) is 14.2 Å². The van der Waals surface area contributed by atoms with Gasteiger partial charge in [0.05, 0.1) is 12.2 Å². The van der Waals surface area contributed by atoms with Crippen LogP contribution in [-0.4, -0.2) is 47.9 Å². The molecule has 3 aliphatic heterocycles. The van der Waals surface area contributed by atoms with Crippen molar-refractivity contribution in [3.63, 3.8) is 0 Å². The molecule has 6 nitrogen and oxygen atoms in total. The molecule has 0 saturated carbocycles. The Morgan fingerprint density at radius 3 is 2.92 bits per heavy atom. The molecular weight excluding hydrogens is 312 g/mol. The molecule has 128 valence electrons. The van der Waals surface area contributed by atoms with Gasteiger partial charge in [0.2, 0.25) is 0 Å². The van der Waals surface area contributed by atoms with Gasteiger partial charge in [-0.05, 0) is 31.5 Å². The van der Waals surface area contributed by atoms with Crippen LogP contribution in [0.3, 0.4) is 0 Å². The van der Waals surface area contributed by atoms with E-state index in [0.717, 1.165) is 5.56 Å². The molecule has 0 aromatic heterocycles. The maximum absolute atomic E-state index is 11.9. The third kappa shape index (κ3) is 2.75. The molecule has 0 unspecified atom stereocenters. The fraction of sp³-hybridized carbons (Fsp3) is 0.500. The lowest BCUT2D eigenvalue weighted by Gasteiger charge is -2.21. The molecule has 2 saturated heterocycles. The zero-order valence-corrected chi connectivity index (χ0v) is 13.6. The second-order valence-corrected chi connectivity index (χ2v) is 6.70. The molecule has 0 aliphatic carbocycles. The predicted molar refractivity (Wildman–Crippen MR) is 84.6 cm³/mol. The van der Waals surface area contributed by atoms with E-state index in [-0.39, 0.29) is 5.78 Å². The van der Waals surface area contributed by atoms with Crippen molar-refractivity contribution >= 4 is 11.9 Å². The van der Waals surface area contributed by atoms with Crippen LogP contribution < -0.4 is 4.74 Å². The van der Waals surface area contributed by atoms with Gasteiger partial charge in [-0.15, -0.1) is 0 Å². The smallest absolute Gasteiger partial charge is 0.190 e. The number of carbonyl (C=O) groups is 1. The molecule has 3 aliphatic rings. The minimum absolute atomic E-state index is 0.0854. The lowest BCUT2D eigenvalue weighted by molar-refractivity contribution is -0.209. The molecule has 6 heteroatoms. The molecule has 1 aromatic carbocycles. The average molecular weight is 332 g/mol. The van der Waals surface area contributed by atoms with Gasteiger partial charge in [0.25, 0.3) is 0 Å². The number of hydrogen-bond donors (Lipinski definition) is 1. The summed E-state index contributed by atoms with van der Waals surface area (Å²) in [6, 6.07) is 5.46. The summed E-state index contributed by atoms with van der Waals surface area (Å²) in [7, 11) is 0. The number of ketones is 1. The normalized spacial score (nSPS) is 34.2. The number of benzene rings is 1. The Morgan fingerprint density at radius 2 is 2.12 bits per heavy atom. The fourth-order valence-electron chi connectivity index (χ4n) is 3.26. The van der Waals surface area contributed by atoms with Gasteiger partial charge in [-0.1, -0.05) is 18.2 Å². The molecular formula is C18H20O6. The SMILES string of the molecule is CC1(C)O[C@H]2O[C@H](/C=C/c3ccc4c(c3)C(=O)CCO4)[C@H](O)[C@H]2O1. The van der Waals surface area contributed by atoms with E-state index in [4.69, 9.17) is 18.9 Å². The highest BCUT2D eigenvalue weighted by Crippen LogP contribution is 2.38. The highest BCUT2D eigenvalue weighted by Gasteiger charge is 2.53. The first-order valence-corrected chi connectivity index (χ1v) is 8.10. The summed E-state index contributed by atoms with van der Waals surface area (Å²) >= 11 is 0. The van der Waals surface area contributed by atoms with E-state index in [2.05, 4.69) is 0 Å². The van der Waals surface area contributed by atoms with E-state index in [1.54, 1.807) is 32.1 Å². The maximum atomic E-state index is 11.9. The van der Waals surface area contributed by atoms with Crippen LogP contribution >= 0.6 is 0 Å². The van der Waals surface area contributed by atoms with Gasteiger partial charge in [0.15, 0.2) is 17.9 Å². The van der Waals surface area contributed by atoms with Crippen molar-refractivity contribution in [2.75, 3.05) is 6.61 Å².